The smallest absolute Gasteiger partial charge is 0.452 e. The van der Waals surface area contributed by atoms with E-state index in [1.54, 1.807) is 24.3 Å². The van der Waals surface area contributed by atoms with Crippen molar-refractivity contribution in [1.29, 1.82) is 0 Å². The minimum absolute atomic E-state index is 0.119. The van der Waals surface area contributed by atoms with E-state index in [-0.39, 0.29) is 23.5 Å². The van der Waals surface area contributed by atoms with Gasteiger partial charge in [0.15, 0.2) is 13.2 Å². The zero-order valence-electron chi connectivity index (χ0n) is 27.1. The molecule has 3 amide bonds. The third-order valence-electron chi connectivity index (χ3n) is 7.06. The summed E-state index contributed by atoms with van der Waals surface area (Å²) in [4.78, 5) is 63.2. The highest BCUT2D eigenvalue weighted by Crippen LogP contribution is 2.24. The Kier molecular flexibility index (Phi) is 14.0. The van der Waals surface area contributed by atoms with E-state index >= 15 is 0 Å². The quantitative estimate of drug-likeness (QED) is 0.161. The molecule has 0 aliphatic rings. The number of ether oxygens (including phenoxy) is 3. The summed E-state index contributed by atoms with van der Waals surface area (Å²) in [6.45, 7) is 1.54. The average Bonchev–Trinajstić information content (AvgIpc) is 3.07. The van der Waals surface area contributed by atoms with Crippen molar-refractivity contribution in [3.05, 3.63) is 88.9 Å². The maximum absolute atomic E-state index is 13.8. The van der Waals surface area contributed by atoms with Gasteiger partial charge in [-0.2, -0.15) is 13.2 Å². The van der Waals surface area contributed by atoms with Crippen molar-refractivity contribution in [3.8, 4) is 17.2 Å². The first-order valence-corrected chi connectivity index (χ1v) is 15.4. The van der Waals surface area contributed by atoms with Gasteiger partial charge in [0, 0.05) is 11.4 Å². The van der Waals surface area contributed by atoms with Crippen LogP contribution in [0.1, 0.15) is 31.0 Å². The molecule has 16 heteroatoms. The molecule has 0 aliphatic heterocycles. The third kappa shape index (κ3) is 12.0. The molecule has 0 fully saturated rings. The number of ketones is 1. The van der Waals surface area contributed by atoms with Gasteiger partial charge in [-0.05, 0) is 65.6 Å². The highest BCUT2D eigenvalue weighted by Gasteiger charge is 2.45. The van der Waals surface area contributed by atoms with Crippen LogP contribution in [0.3, 0.4) is 0 Å². The molecule has 0 spiro atoms. The number of nitrogens with one attached hydrogen (secondary N) is 3. The molecule has 50 heavy (non-hydrogen) atoms. The molecule has 3 atom stereocenters. The molecule has 3 rings (SSSR count). The molecule has 0 saturated heterocycles. The number of carboxylic acid groups (broad SMARTS) is 1. The summed E-state index contributed by atoms with van der Waals surface area (Å²) in [5, 5.41) is 16.3. The number of amides is 3. The summed E-state index contributed by atoms with van der Waals surface area (Å²) >= 11 is 6.12. The Balaban J connectivity index is 1.85. The predicted molar refractivity (Wildman–Crippen MR) is 174 cm³/mol. The summed E-state index contributed by atoms with van der Waals surface area (Å²) < 4.78 is 55.8. The van der Waals surface area contributed by atoms with E-state index in [0.29, 0.717) is 16.3 Å². The zero-order valence-corrected chi connectivity index (χ0v) is 27.8. The molecular weight excluding hydrogens is 687 g/mol. The van der Waals surface area contributed by atoms with Gasteiger partial charge in [0.25, 0.3) is 11.7 Å². The number of carbonyl (C=O) groups excluding carboxylic acids is 4. The molecule has 268 valence electrons. The first-order chi connectivity index (χ1) is 23.6. The van der Waals surface area contributed by atoms with Crippen LogP contribution in [-0.4, -0.2) is 73.2 Å². The van der Waals surface area contributed by atoms with Crippen LogP contribution in [0.25, 0.3) is 0 Å². The largest absolute Gasteiger partial charge is 0.497 e. The van der Waals surface area contributed by atoms with E-state index in [1.807, 2.05) is 0 Å². The number of methoxy groups -OCH3 is 1. The molecule has 4 N–H and O–H groups in total. The Hall–Kier alpha value is -5.31. The van der Waals surface area contributed by atoms with Gasteiger partial charge < -0.3 is 35.3 Å². The summed E-state index contributed by atoms with van der Waals surface area (Å²) in [6.07, 6.45) is -5.35. The minimum Gasteiger partial charge on any atom is -0.497 e. The van der Waals surface area contributed by atoms with Crippen molar-refractivity contribution in [2.75, 3.05) is 20.3 Å². The van der Waals surface area contributed by atoms with Crippen LogP contribution < -0.4 is 30.2 Å². The Labute approximate surface area is 290 Å². The number of halogens is 4. The summed E-state index contributed by atoms with van der Waals surface area (Å²) in [7, 11) is 1.40. The first kappa shape index (κ1) is 39.1. The Morgan fingerprint density at radius 1 is 0.800 bits per heavy atom. The second-order valence-corrected chi connectivity index (χ2v) is 11.6. The molecule has 0 saturated carbocycles. The van der Waals surface area contributed by atoms with Gasteiger partial charge >= 0.3 is 12.1 Å². The minimum atomic E-state index is -5.23. The van der Waals surface area contributed by atoms with Crippen molar-refractivity contribution < 1.29 is 56.5 Å². The zero-order chi connectivity index (χ0) is 37.0. The molecule has 12 nitrogen and oxygen atoms in total. The number of Topliss-reactive ketones (excluding diaryl/α,β-unsaturated/α-hetero) is 1. The fourth-order valence-electron chi connectivity index (χ4n) is 4.56. The van der Waals surface area contributed by atoms with Crippen molar-refractivity contribution in [1.82, 2.24) is 16.0 Å². The Morgan fingerprint density at radius 3 is 1.90 bits per heavy atom. The molecule has 3 aromatic rings. The predicted octanol–water partition coefficient (Wildman–Crippen LogP) is 4.05. The monoisotopic (exact) mass is 721 g/mol. The average molecular weight is 722 g/mol. The van der Waals surface area contributed by atoms with E-state index < -0.39 is 72.9 Å². The van der Waals surface area contributed by atoms with Gasteiger partial charge in [-0.15, -0.1) is 0 Å². The van der Waals surface area contributed by atoms with E-state index in [9.17, 15) is 37.1 Å². The van der Waals surface area contributed by atoms with Crippen LogP contribution in [-0.2, 0) is 30.4 Å². The lowest BCUT2D eigenvalue weighted by molar-refractivity contribution is -0.175. The number of hydrogen-bond donors (Lipinski definition) is 4. The summed E-state index contributed by atoms with van der Waals surface area (Å²) in [5.41, 5.74) is 0.669. The maximum atomic E-state index is 13.8. The van der Waals surface area contributed by atoms with Crippen LogP contribution >= 0.6 is 11.6 Å². The van der Waals surface area contributed by atoms with Crippen molar-refractivity contribution in [2.24, 2.45) is 5.92 Å². The second kappa shape index (κ2) is 17.9. The third-order valence-corrected chi connectivity index (χ3v) is 7.30. The van der Waals surface area contributed by atoms with E-state index in [0.717, 1.165) is 0 Å². The molecule has 0 aromatic heterocycles. The van der Waals surface area contributed by atoms with Crippen LogP contribution in [0.2, 0.25) is 5.02 Å². The molecule has 0 aliphatic carbocycles. The van der Waals surface area contributed by atoms with Crippen LogP contribution in [0, 0.1) is 5.92 Å². The lowest BCUT2D eigenvalue weighted by Crippen LogP contribution is -2.55. The van der Waals surface area contributed by atoms with Crippen LogP contribution in [0.5, 0.6) is 17.2 Å². The van der Waals surface area contributed by atoms with Gasteiger partial charge in [-0.1, -0.05) is 49.7 Å². The number of aliphatic carboxylic acids is 1. The normalized spacial score (nSPS) is 13.0. The topological polar surface area (TPSA) is 169 Å². The lowest BCUT2D eigenvalue weighted by atomic mass is 9.97. The second-order valence-electron chi connectivity index (χ2n) is 11.2. The summed E-state index contributed by atoms with van der Waals surface area (Å²) in [6, 6.07) is 13.0. The lowest BCUT2D eigenvalue weighted by Gasteiger charge is -2.27. The Bertz CT molecular complexity index is 1650. The molecule has 0 radical (unpaired) electrons. The SMILES string of the molecule is COc1ccc([C@H](NC(=O)[C@H](Cc2cccc(Cl)c2)NC(=O)COc2ccc(OCC(=O)O)cc2)C(=O)N[C@H](C(=O)C(F)(F)F)C(C)C)cc1. The van der Waals surface area contributed by atoms with E-state index in [1.165, 1.54) is 69.5 Å². The van der Waals surface area contributed by atoms with Crippen molar-refractivity contribution in [3.63, 3.8) is 0 Å². The maximum Gasteiger partial charge on any atom is 0.452 e. The summed E-state index contributed by atoms with van der Waals surface area (Å²) in [5.74, 6) is -6.16. The number of benzene rings is 3. The van der Waals surface area contributed by atoms with Gasteiger partial charge in [-0.3, -0.25) is 19.2 Å². The molecule has 0 unspecified atom stereocenters. The number of rotatable bonds is 17. The van der Waals surface area contributed by atoms with Crippen molar-refractivity contribution in [2.45, 2.75) is 44.6 Å². The molecule has 0 bridgehead atoms. The van der Waals surface area contributed by atoms with Crippen LogP contribution in [0.4, 0.5) is 13.2 Å². The fraction of sp³-hybridized carbons (Fsp3) is 0.324. The molecule has 0 heterocycles. The van der Waals surface area contributed by atoms with Gasteiger partial charge in [0.1, 0.15) is 29.3 Å². The molecular formula is C34H35ClF3N3O9. The van der Waals surface area contributed by atoms with Gasteiger partial charge in [0.2, 0.25) is 11.8 Å². The first-order valence-electron chi connectivity index (χ1n) is 15.0. The highest BCUT2D eigenvalue weighted by molar-refractivity contribution is 6.30. The van der Waals surface area contributed by atoms with Crippen molar-refractivity contribution >= 4 is 41.1 Å². The Morgan fingerprint density at radius 2 is 1.38 bits per heavy atom. The number of alkyl halides is 3. The molecule has 3 aromatic carbocycles. The van der Waals surface area contributed by atoms with E-state index in [2.05, 4.69) is 16.0 Å². The fourth-order valence-corrected chi connectivity index (χ4v) is 4.77. The number of carboxylic acids is 1. The standard InChI is InChI=1S/C34H35ClF3N3O9/c1-19(2)29(31(45)34(36,37)38)40-33(47)30(21-7-9-23(48-3)10-8-21)41-32(46)26(16-20-5-4-6-22(35)15-20)39-27(42)17-49-24-11-13-25(14-12-24)50-18-28(43)44/h4-15,19,26,29-30H,16-18H2,1-3H3,(H,39,42)(H,40,47)(H,41,46)(H,43,44)/t26-,29-,30-/m0/s1. The number of hydrogen-bond acceptors (Lipinski definition) is 8. The van der Waals surface area contributed by atoms with Gasteiger partial charge in [0.05, 0.1) is 13.2 Å². The number of carbonyl (C=O) groups is 5. The highest BCUT2D eigenvalue weighted by atomic mass is 35.5. The van der Waals surface area contributed by atoms with Crippen LogP contribution in [0.15, 0.2) is 72.8 Å². The van der Waals surface area contributed by atoms with Gasteiger partial charge in [-0.25, -0.2) is 4.79 Å². The van der Waals surface area contributed by atoms with E-state index in [4.69, 9.17) is 30.9 Å².